The van der Waals surface area contributed by atoms with E-state index in [0.717, 1.165) is 17.7 Å². The molecular formula is C18H12F3N3. The summed E-state index contributed by atoms with van der Waals surface area (Å²) in [5, 5.41) is 13.7. The van der Waals surface area contributed by atoms with Gasteiger partial charge in [-0.2, -0.15) is 23.5 Å². The molecule has 1 unspecified atom stereocenters. The van der Waals surface area contributed by atoms with E-state index in [1.807, 2.05) is 30.3 Å². The summed E-state index contributed by atoms with van der Waals surface area (Å²) in [6.45, 7) is 0. The standard InChI is InChI=1S/C18H12F3N3/c19-18(20,21)14-7-4-8-15(11-14)24-10-9-17(23-24)16(12-22)13-5-2-1-3-6-13/h1-11,16H. The molecule has 0 N–H and O–H groups in total. The van der Waals surface area contributed by atoms with Crippen molar-refractivity contribution in [3.63, 3.8) is 0 Å². The molecule has 120 valence electrons. The molecule has 1 aromatic heterocycles. The molecule has 0 radical (unpaired) electrons. The fourth-order valence-electron chi connectivity index (χ4n) is 2.42. The number of alkyl halides is 3. The summed E-state index contributed by atoms with van der Waals surface area (Å²) in [6.07, 6.45) is -2.86. The second-order valence-electron chi connectivity index (χ2n) is 5.21. The van der Waals surface area contributed by atoms with Crippen LogP contribution in [0.3, 0.4) is 0 Å². The van der Waals surface area contributed by atoms with Crippen molar-refractivity contribution in [3.8, 4) is 11.8 Å². The Labute approximate surface area is 136 Å². The van der Waals surface area contributed by atoms with Gasteiger partial charge < -0.3 is 0 Å². The number of nitrogens with zero attached hydrogens (tertiary/aromatic N) is 3. The van der Waals surface area contributed by atoms with Crippen LogP contribution >= 0.6 is 0 Å². The van der Waals surface area contributed by atoms with Crippen molar-refractivity contribution in [2.24, 2.45) is 0 Å². The molecular weight excluding hydrogens is 315 g/mol. The van der Waals surface area contributed by atoms with Gasteiger partial charge in [-0.1, -0.05) is 36.4 Å². The van der Waals surface area contributed by atoms with Gasteiger partial charge in [-0.15, -0.1) is 0 Å². The number of nitriles is 1. The molecule has 0 fully saturated rings. The van der Waals surface area contributed by atoms with Crippen LogP contribution in [-0.2, 0) is 6.18 Å². The van der Waals surface area contributed by atoms with Crippen LogP contribution in [-0.4, -0.2) is 9.78 Å². The van der Waals surface area contributed by atoms with E-state index in [1.165, 1.54) is 16.8 Å². The van der Waals surface area contributed by atoms with E-state index >= 15 is 0 Å². The van der Waals surface area contributed by atoms with Crippen molar-refractivity contribution < 1.29 is 13.2 Å². The Morgan fingerprint density at radius 3 is 2.42 bits per heavy atom. The summed E-state index contributed by atoms with van der Waals surface area (Å²) in [6, 6.07) is 17.9. The molecule has 3 aromatic rings. The van der Waals surface area contributed by atoms with Crippen LogP contribution in [0.1, 0.15) is 22.7 Å². The third-order valence-electron chi connectivity index (χ3n) is 3.61. The first kappa shape index (κ1) is 15.8. The van der Waals surface area contributed by atoms with Crippen LogP contribution in [0.25, 0.3) is 5.69 Å². The molecule has 2 aromatic carbocycles. The molecule has 0 saturated heterocycles. The normalized spacial score (nSPS) is 12.6. The highest BCUT2D eigenvalue weighted by atomic mass is 19.4. The van der Waals surface area contributed by atoms with Crippen LogP contribution in [0.15, 0.2) is 66.9 Å². The van der Waals surface area contributed by atoms with Gasteiger partial charge in [-0.3, -0.25) is 0 Å². The van der Waals surface area contributed by atoms with Gasteiger partial charge in [-0.25, -0.2) is 4.68 Å². The van der Waals surface area contributed by atoms with E-state index < -0.39 is 17.7 Å². The number of hydrogen-bond donors (Lipinski definition) is 0. The predicted molar refractivity (Wildman–Crippen MR) is 82.5 cm³/mol. The predicted octanol–water partition coefficient (Wildman–Crippen LogP) is 4.55. The van der Waals surface area contributed by atoms with Crippen molar-refractivity contribution in [2.75, 3.05) is 0 Å². The van der Waals surface area contributed by atoms with Crippen molar-refractivity contribution in [2.45, 2.75) is 12.1 Å². The van der Waals surface area contributed by atoms with E-state index in [-0.39, 0.29) is 0 Å². The fourth-order valence-corrected chi connectivity index (χ4v) is 2.42. The SMILES string of the molecule is N#CC(c1ccccc1)c1ccn(-c2cccc(C(F)(F)F)c2)n1. The Balaban J connectivity index is 1.95. The maximum absolute atomic E-state index is 12.8. The average molecular weight is 327 g/mol. The molecule has 0 aliphatic rings. The maximum Gasteiger partial charge on any atom is 0.416 e. The van der Waals surface area contributed by atoms with Crippen molar-refractivity contribution in [1.29, 1.82) is 5.26 Å². The van der Waals surface area contributed by atoms with E-state index in [4.69, 9.17) is 0 Å². The number of hydrogen-bond acceptors (Lipinski definition) is 2. The summed E-state index contributed by atoms with van der Waals surface area (Å²) in [7, 11) is 0. The van der Waals surface area contributed by atoms with Crippen LogP contribution in [0.5, 0.6) is 0 Å². The second-order valence-corrected chi connectivity index (χ2v) is 5.21. The Hall–Kier alpha value is -3.07. The fraction of sp³-hybridized carbons (Fsp3) is 0.111. The first-order valence-corrected chi connectivity index (χ1v) is 7.17. The quantitative estimate of drug-likeness (QED) is 0.708. The van der Waals surface area contributed by atoms with Crippen molar-refractivity contribution in [1.82, 2.24) is 9.78 Å². The summed E-state index contributed by atoms with van der Waals surface area (Å²) in [5.41, 5.74) is 0.827. The summed E-state index contributed by atoms with van der Waals surface area (Å²) in [5.74, 6) is -0.571. The highest BCUT2D eigenvalue weighted by molar-refractivity contribution is 5.39. The summed E-state index contributed by atoms with van der Waals surface area (Å²) < 4.78 is 39.8. The molecule has 6 heteroatoms. The highest BCUT2D eigenvalue weighted by Crippen LogP contribution is 2.30. The van der Waals surface area contributed by atoms with Gasteiger partial charge in [-0.05, 0) is 29.8 Å². The lowest BCUT2D eigenvalue weighted by atomic mass is 9.98. The molecule has 0 saturated carbocycles. The minimum Gasteiger partial charge on any atom is -0.241 e. The lowest BCUT2D eigenvalue weighted by Crippen LogP contribution is -2.06. The van der Waals surface area contributed by atoms with Gasteiger partial charge >= 0.3 is 6.18 Å². The number of benzene rings is 2. The zero-order valence-corrected chi connectivity index (χ0v) is 12.4. The van der Waals surface area contributed by atoms with Crippen LogP contribution in [0, 0.1) is 11.3 Å². The molecule has 0 spiro atoms. The third-order valence-corrected chi connectivity index (χ3v) is 3.61. The second kappa shape index (κ2) is 6.20. The molecule has 24 heavy (non-hydrogen) atoms. The number of halogens is 3. The van der Waals surface area contributed by atoms with Crippen molar-refractivity contribution in [3.05, 3.63) is 83.7 Å². The molecule has 0 aliphatic carbocycles. The maximum atomic E-state index is 12.8. The van der Waals surface area contributed by atoms with E-state index in [0.29, 0.717) is 11.4 Å². The topological polar surface area (TPSA) is 41.6 Å². The van der Waals surface area contributed by atoms with E-state index in [2.05, 4.69) is 11.2 Å². The van der Waals surface area contributed by atoms with E-state index in [9.17, 15) is 18.4 Å². The Morgan fingerprint density at radius 2 is 1.75 bits per heavy atom. The number of rotatable bonds is 3. The molecule has 3 nitrogen and oxygen atoms in total. The van der Waals surface area contributed by atoms with Gasteiger partial charge in [0, 0.05) is 6.20 Å². The smallest absolute Gasteiger partial charge is 0.241 e. The highest BCUT2D eigenvalue weighted by Gasteiger charge is 2.30. The Morgan fingerprint density at radius 1 is 1.00 bits per heavy atom. The molecule has 0 aliphatic heterocycles. The third kappa shape index (κ3) is 3.15. The van der Waals surface area contributed by atoms with Gasteiger partial charge in [0.2, 0.25) is 0 Å². The average Bonchev–Trinajstić information content (AvgIpc) is 3.06. The van der Waals surface area contributed by atoms with E-state index in [1.54, 1.807) is 12.3 Å². The van der Waals surface area contributed by atoms with Gasteiger partial charge in [0.25, 0.3) is 0 Å². The molecule has 0 amide bonds. The first-order chi connectivity index (χ1) is 11.5. The van der Waals surface area contributed by atoms with Crippen LogP contribution in [0.2, 0.25) is 0 Å². The summed E-state index contributed by atoms with van der Waals surface area (Å²) >= 11 is 0. The summed E-state index contributed by atoms with van der Waals surface area (Å²) in [4.78, 5) is 0. The Bertz CT molecular complexity index is 876. The molecule has 0 bridgehead atoms. The van der Waals surface area contributed by atoms with Gasteiger partial charge in [0.05, 0.1) is 23.0 Å². The van der Waals surface area contributed by atoms with Crippen LogP contribution in [0.4, 0.5) is 13.2 Å². The molecule has 1 heterocycles. The minimum atomic E-state index is -4.41. The minimum absolute atomic E-state index is 0.292. The largest absolute Gasteiger partial charge is 0.416 e. The Kier molecular flexibility index (Phi) is 4.09. The van der Waals surface area contributed by atoms with Gasteiger partial charge in [0.15, 0.2) is 0 Å². The lowest BCUT2D eigenvalue weighted by molar-refractivity contribution is -0.137. The zero-order chi connectivity index (χ0) is 17.2. The number of aromatic nitrogens is 2. The van der Waals surface area contributed by atoms with Crippen molar-refractivity contribution >= 4 is 0 Å². The zero-order valence-electron chi connectivity index (χ0n) is 12.4. The van der Waals surface area contributed by atoms with Crippen LogP contribution < -0.4 is 0 Å². The lowest BCUT2D eigenvalue weighted by Gasteiger charge is -2.09. The monoisotopic (exact) mass is 327 g/mol. The molecule has 1 atom stereocenters. The van der Waals surface area contributed by atoms with Gasteiger partial charge in [0.1, 0.15) is 5.92 Å². The molecule has 3 rings (SSSR count). The first-order valence-electron chi connectivity index (χ1n) is 7.17.